The summed E-state index contributed by atoms with van der Waals surface area (Å²) < 4.78 is 7.42. The van der Waals surface area contributed by atoms with E-state index in [1.165, 1.54) is 36.6 Å². The second-order valence-corrected chi connectivity index (χ2v) is 10.1. The number of ether oxygens (including phenoxy) is 1. The zero-order chi connectivity index (χ0) is 24.1. The van der Waals surface area contributed by atoms with Gasteiger partial charge in [-0.2, -0.15) is 0 Å². The summed E-state index contributed by atoms with van der Waals surface area (Å²) in [6, 6.07) is 16.6. The molecule has 0 saturated heterocycles. The molecule has 1 aromatic heterocycles. The summed E-state index contributed by atoms with van der Waals surface area (Å²) in [6.45, 7) is 4.37. The maximum absolute atomic E-state index is 13.0. The van der Waals surface area contributed by atoms with E-state index in [0.717, 1.165) is 40.8 Å². The minimum absolute atomic E-state index is 0.148. The van der Waals surface area contributed by atoms with Crippen LogP contribution in [0.1, 0.15) is 57.4 Å². The van der Waals surface area contributed by atoms with Gasteiger partial charge in [0.1, 0.15) is 5.75 Å². The number of hydrogen-bond donors (Lipinski definition) is 0. The molecular weight excluding hydrogens is 444 g/mol. The standard InChI is InChI=1S/C27H34N4O2S/c1-19(2)23-12-8-9-13-24(23)31-26(20-14-16-22(33-4)17-15-20)28-29-27(31)34-18-25(32)30(3)21-10-6-5-7-11-21/h8-9,12-17,19,21H,5-7,10-11,18H2,1-4H3. The highest BCUT2D eigenvalue weighted by Crippen LogP contribution is 2.33. The minimum Gasteiger partial charge on any atom is -0.497 e. The highest BCUT2D eigenvalue weighted by molar-refractivity contribution is 7.99. The van der Waals surface area contributed by atoms with Crippen LogP contribution in [0.3, 0.4) is 0 Å². The molecule has 0 atom stereocenters. The van der Waals surface area contributed by atoms with Gasteiger partial charge in [0, 0.05) is 18.7 Å². The number of hydrogen-bond acceptors (Lipinski definition) is 5. The quantitative estimate of drug-likeness (QED) is 0.375. The summed E-state index contributed by atoms with van der Waals surface area (Å²) in [6.07, 6.45) is 5.90. The molecule has 3 aromatic rings. The first-order valence-electron chi connectivity index (χ1n) is 12.1. The van der Waals surface area contributed by atoms with Crippen molar-refractivity contribution < 1.29 is 9.53 Å². The van der Waals surface area contributed by atoms with E-state index in [2.05, 4.69) is 46.8 Å². The molecule has 0 N–H and O–H groups in total. The van der Waals surface area contributed by atoms with Crippen LogP contribution in [0, 0.1) is 0 Å². The molecule has 1 fully saturated rings. The first kappa shape index (κ1) is 24.3. The number of thioether (sulfide) groups is 1. The Kier molecular flexibility index (Phi) is 7.93. The van der Waals surface area contributed by atoms with Gasteiger partial charge >= 0.3 is 0 Å². The molecule has 34 heavy (non-hydrogen) atoms. The van der Waals surface area contributed by atoms with Crippen LogP contribution < -0.4 is 4.74 Å². The Hall–Kier alpha value is -2.80. The topological polar surface area (TPSA) is 60.3 Å². The van der Waals surface area contributed by atoms with Gasteiger partial charge in [0.2, 0.25) is 5.91 Å². The second kappa shape index (κ2) is 11.1. The number of carbonyl (C=O) groups is 1. The van der Waals surface area contributed by atoms with Crippen molar-refractivity contribution in [2.75, 3.05) is 19.9 Å². The maximum Gasteiger partial charge on any atom is 0.233 e. The van der Waals surface area contributed by atoms with Crippen molar-refractivity contribution in [3.8, 4) is 22.8 Å². The number of rotatable bonds is 8. The normalized spacial score (nSPS) is 14.4. The summed E-state index contributed by atoms with van der Waals surface area (Å²) in [5, 5.41) is 9.81. The summed E-state index contributed by atoms with van der Waals surface area (Å²) in [5.41, 5.74) is 3.21. The number of methoxy groups -OCH3 is 1. The summed E-state index contributed by atoms with van der Waals surface area (Å²) in [4.78, 5) is 15.0. The fraction of sp³-hybridized carbons (Fsp3) is 0.444. The van der Waals surface area contributed by atoms with Gasteiger partial charge < -0.3 is 9.64 Å². The van der Waals surface area contributed by atoms with Crippen LogP contribution in [0.4, 0.5) is 0 Å². The molecule has 1 aliphatic rings. The lowest BCUT2D eigenvalue weighted by Gasteiger charge is -2.31. The van der Waals surface area contributed by atoms with E-state index in [4.69, 9.17) is 4.74 Å². The van der Waals surface area contributed by atoms with E-state index in [1.807, 2.05) is 42.3 Å². The fourth-order valence-electron chi connectivity index (χ4n) is 4.59. The van der Waals surface area contributed by atoms with E-state index in [9.17, 15) is 4.79 Å². The maximum atomic E-state index is 13.0. The minimum atomic E-state index is 0.148. The largest absolute Gasteiger partial charge is 0.497 e. The van der Waals surface area contributed by atoms with Gasteiger partial charge in [0.05, 0.1) is 18.6 Å². The average molecular weight is 479 g/mol. The van der Waals surface area contributed by atoms with Gasteiger partial charge in [-0.1, -0.05) is 63.1 Å². The summed E-state index contributed by atoms with van der Waals surface area (Å²) >= 11 is 1.46. The molecule has 4 rings (SSSR count). The van der Waals surface area contributed by atoms with Gasteiger partial charge in [0.25, 0.3) is 0 Å². The van der Waals surface area contributed by atoms with Crippen LogP contribution >= 0.6 is 11.8 Å². The SMILES string of the molecule is COc1ccc(-c2nnc(SCC(=O)N(C)C3CCCCC3)n2-c2ccccc2C(C)C)cc1. The Morgan fingerprint density at radius 3 is 2.47 bits per heavy atom. The van der Waals surface area contributed by atoms with Crippen molar-refractivity contribution in [1.82, 2.24) is 19.7 Å². The molecule has 0 bridgehead atoms. The van der Waals surface area contributed by atoms with Gasteiger partial charge in [0.15, 0.2) is 11.0 Å². The zero-order valence-electron chi connectivity index (χ0n) is 20.5. The van der Waals surface area contributed by atoms with E-state index in [1.54, 1.807) is 7.11 Å². The Labute approximate surface area is 206 Å². The third kappa shape index (κ3) is 5.30. The van der Waals surface area contributed by atoms with Crippen molar-refractivity contribution >= 4 is 17.7 Å². The lowest BCUT2D eigenvalue weighted by atomic mass is 9.94. The highest BCUT2D eigenvalue weighted by Gasteiger charge is 2.24. The van der Waals surface area contributed by atoms with Crippen molar-refractivity contribution in [1.29, 1.82) is 0 Å². The predicted molar refractivity (Wildman–Crippen MR) is 138 cm³/mol. The Morgan fingerprint density at radius 2 is 1.79 bits per heavy atom. The van der Waals surface area contributed by atoms with Crippen LogP contribution in [0.25, 0.3) is 17.1 Å². The molecule has 1 heterocycles. The first-order valence-corrected chi connectivity index (χ1v) is 13.1. The lowest BCUT2D eigenvalue weighted by molar-refractivity contribution is -0.129. The van der Waals surface area contributed by atoms with Crippen molar-refractivity contribution in [3.05, 3.63) is 54.1 Å². The van der Waals surface area contributed by atoms with Crippen molar-refractivity contribution in [2.24, 2.45) is 0 Å². The van der Waals surface area contributed by atoms with Crippen molar-refractivity contribution in [3.63, 3.8) is 0 Å². The number of nitrogens with zero attached hydrogens (tertiary/aromatic N) is 4. The van der Waals surface area contributed by atoms with Crippen LogP contribution in [-0.4, -0.2) is 51.5 Å². The van der Waals surface area contributed by atoms with E-state index < -0.39 is 0 Å². The highest BCUT2D eigenvalue weighted by atomic mass is 32.2. The monoisotopic (exact) mass is 478 g/mol. The third-order valence-electron chi connectivity index (χ3n) is 6.62. The van der Waals surface area contributed by atoms with Crippen LogP contribution in [0.2, 0.25) is 0 Å². The van der Waals surface area contributed by atoms with Gasteiger partial charge in [-0.25, -0.2) is 0 Å². The molecule has 180 valence electrons. The molecule has 1 saturated carbocycles. The number of carbonyl (C=O) groups excluding carboxylic acids is 1. The third-order valence-corrected chi connectivity index (χ3v) is 7.54. The van der Waals surface area contributed by atoms with Gasteiger partial charge in [-0.3, -0.25) is 9.36 Å². The van der Waals surface area contributed by atoms with Crippen LogP contribution in [0.5, 0.6) is 5.75 Å². The fourth-order valence-corrected chi connectivity index (χ4v) is 5.46. The van der Waals surface area contributed by atoms with Crippen molar-refractivity contribution in [2.45, 2.75) is 63.1 Å². The number of para-hydroxylation sites is 1. The van der Waals surface area contributed by atoms with E-state index >= 15 is 0 Å². The molecule has 0 unspecified atom stereocenters. The Morgan fingerprint density at radius 1 is 1.09 bits per heavy atom. The van der Waals surface area contributed by atoms with E-state index in [-0.39, 0.29) is 5.91 Å². The Balaban J connectivity index is 1.66. The molecule has 7 heteroatoms. The molecule has 1 amide bonds. The molecule has 0 spiro atoms. The number of aromatic nitrogens is 3. The molecule has 0 radical (unpaired) electrons. The zero-order valence-corrected chi connectivity index (χ0v) is 21.3. The smallest absolute Gasteiger partial charge is 0.233 e. The predicted octanol–water partition coefficient (Wildman–Crippen LogP) is 5.95. The van der Waals surface area contributed by atoms with Gasteiger partial charge in [-0.15, -0.1) is 10.2 Å². The molecular formula is C27H34N4O2S. The Bertz CT molecular complexity index is 1100. The molecule has 2 aromatic carbocycles. The molecule has 0 aliphatic heterocycles. The van der Waals surface area contributed by atoms with Crippen LogP contribution in [0.15, 0.2) is 53.7 Å². The van der Waals surface area contributed by atoms with E-state index in [0.29, 0.717) is 17.7 Å². The lowest BCUT2D eigenvalue weighted by Crippen LogP contribution is -2.39. The number of amides is 1. The van der Waals surface area contributed by atoms with Crippen LogP contribution in [-0.2, 0) is 4.79 Å². The summed E-state index contributed by atoms with van der Waals surface area (Å²) in [5.74, 6) is 2.38. The van der Waals surface area contributed by atoms with Gasteiger partial charge in [-0.05, 0) is 54.7 Å². The number of benzene rings is 2. The summed E-state index contributed by atoms with van der Waals surface area (Å²) in [7, 11) is 3.60. The molecule has 1 aliphatic carbocycles. The molecule has 6 nitrogen and oxygen atoms in total. The second-order valence-electron chi connectivity index (χ2n) is 9.17. The first-order chi connectivity index (χ1) is 16.5. The average Bonchev–Trinajstić information content (AvgIpc) is 3.31.